The standard InChI is InChI=1S/C10H13N3/c1-8-4-3-5-9(2)10(8)12-6-7-13-11/h3-7H,11H2,1-2H3/b12-6-,13-7-. The zero-order chi connectivity index (χ0) is 9.68. The van der Waals surface area contributed by atoms with Gasteiger partial charge in [-0.25, -0.2) is 0 Å². The number of benzene rings is 1. The summed E-state index contributed by atoms with van der Waals surface area (Å²) in [6, 6.07) is 6.07. The van der Waals surface area contributed by atoms with Crippen LogP contribution in [-0.2, 0) is 0 Å². The molecule has 0 saturated carbocycles. The van der Waals surface area contributed by atoms with Crippen LogP contribution in [0.2, 0.25) is 0 Å². The molecule has 0 spiro atoms. The number of rotatable bonds is 2. The quantitative estimate of drug-likeness (QED) is 0.417. The summed E-state index contributed by atoms with van der Waals surface area (Å²) in [5.41, 5.74) is 3.30. The molecule has 0 heterocycles. The topological polar surface area (TPSA) is 50.7 Å². The van der Waals surface area contributed by atoms with E-state index in [0.29, 0.717) is 0 Å². The summed E-state index contributed by atoms with van der Waals surface area (Å²) in [5, 5.41) is 3.34. The van der Waals surface area contributed by atoms with Gasteiger partial charge in [0.15, 0.2) is 0 Å². The second-order valence-corrected chi connectivity index (χ2v) is 2.82. The first kappa shape index (κ1) is 9.45. The Labute approximate surface area is 78.0 Å². The Morgan fingerprint density at radius 1 is 1.15 bits per heavy atom. The maximum atomic E-state index is 4.95. The van der Waals surface area contributed by atoms with E-state index >= 15 is 0 Å². The molecule has 0 saturated heterocycles. The molecule has 0 unspecified atom stereocenters. The lowest BCUT2D eigenvalue weighted by atomic mass is 10.1. The third-order valence-electron chi connectivity index (χ3n) is 1.80. The molecule has 1 aromatic carbocycles. The summed E-state index contributed by atoms with van der Waals surface area (Å²) >= 11 is 0. The fraction of sp³-hybridized carbons (Fsp3) is 0.200. The molecular formula is C10H13N3. The van der Waals surface area contributed by atoms with Crippen LogP contribution < -0.4 is 5.84 Å². The molecule has 13 heavy (non-hydrogen) atoms. The lowest BCUT2D eigenvalue weighted by Gasteiger charge is -2.02. The van der Waals surface area contributed by atoms with E-state index in [2.05, 4.69) is 10.1 Å². The number of hydrogen-bond donors (Lipinski definition) is 1. The van der Waals surface area contributed by atoms with Crippen LogP contribution in [0.1, 0.15) is 11.1 Å². The highest BCUT2D eigenvalue weighted by Crippen LogP contribution is 2.21. The van der Waals surface area contributed by atoms with Crippen molar-refractivity contribution in [1.29, 1.82) is 0 Å². The molecule has 0 aliphatic heterocycles. The van der Waals surface area contributed by atoms with Crippen molar-refractivity contribution in [3.05, 3.63) is 29.3 Å². The maximum Gasteiger partial charge on any atom is 0.0688 e. The summed E-state index contributed by atoms with van der Waals surface area (Å²) in [4.78, 5) is 4.24. The van der Waals surface area contributed by atoms with E-state index < -0.39 is 0 Å². The van der Waals surface area contributed by atoms with Crippen molar-refractivity contribution in [1.82, 2.24) is 0 Å². The molecular weight excluding hydrogens is 162 g/mol. The lowest BCUT2D eigenvalue weighted by molar-refractivity contribution is 1.27. The van der Waals surface area contributed by atoms with Gasteiger partial charge in [-0.1, -0.05) is 18.2 Å². The van der Waals surface area contributed by atoms with Gasteiger partial charge in [-0.15, -0.1) is 0 Å². The number of hydrogen-bond acceptors (Lipinski definition) is 3. The Morgan fingerprint density at radius 2 is 1.77 bits per heavy atom. The van der Waals surface area contributed by atoms with E-state index in [-0.39, 0.29) is 0 Å². The van der Waals surface area contributed by atoms with Gasteiger partial charge in [-0.05, 0) is 25.0 Å². The van der Waals surface area contributed by atoms with E-state index in [0.717, 1.165) is 16.8 Å². The Bertz CT molecular complexity index is 320. The summed E-state index contributed by atoms with van der Waals surface area (Å²) < 4.78 is 0. The van der Waals surface area contributed by atoms with Gasteiger partial charge in [0.25, 0.3) is 0 Å². The summed E-state index contributed by atoms with van der Waals surface area (Å²) in [7, 11) is 0. The average molecular weight is 175 g/mol. The van der Waals surface area contributed by atoms with E-state index in [1.54, 1.807) is 6.21 Å². The maximum absolute atomic E-state index is 4.95. The largest absolute Gasteiger partial charge is 0.323 e. The van der Waals surface area contributed by atoms with Crippen molar-refractivity contribution in [2.24, 2.45) is 15.9 Å². The monoisotopic (exact) mass is 175 g/mol. The van der Waals surface area contributed by atoms with Crippen molar-refractivity contribution in [2.45, 2.75) is 13.8 Å². The lowest BCUT2D eigenvalue weighted by Crippen LogP contribution is -1.85. The minimum Gasteiger partial charge on any atom is -0.323 e. The molecule has 0 aliphatic rings. The van der Waals surface area contributed by atoms with E-state index in [9.17, 15) is 0 Å². The summed E-state index contributed by atoms with van der Waals surface area (Å²) in [5.74, 6) is 4.95. The predicted molar refractivity (Wildman–Crippen MR) is 56.7 cm³/mol. The highest BCUT2D eigenvalue weighted by Gasteiger charge is 1.97. The predicted octanol–water partition coefficient (Wildman–Crippen LogP) is 1.95. The van der Waals surface area contributed by atoms with Gasteiger partial charge in [0.05, 0.1) is 11.9 Å². The molecule has 0 amide bonds. The van der Waals surface area contributed by atoms with Crippen molar-refractivity contribution >= 4 is 18.1 Å². The number of aryl methyl sites for hydroxylation is 2. The Balaban J connectivity index is 2.99. The third kappa shape index (κ3) is 2.40. The second kappa shape index (κ2) is 4.40. The molecule has 0 bridgehead atoms. The smallest absolute Gasteiger partial charge is 0.0688 e. The van der Waals surface area contributed by atoms with Gasteiger partial charge in [0.2, 0.25) is 0 Å². The first-order valence-electron chi connectivity index (χ1n) is 4.08. The highest BCUT2D eigenvalue weighted by atomic mass is 15.1. The van der Waals surface area contributed by atoms with Crippen LogP contribution >= 0.6 is 0 Å². The van der Waals surface area contributed by atoms with Crippen LogP contribution in [0.15, 0.2) is 28.3 Å². The van der Waals surface area contributed by atoms with Crippen LogP contribution in [0.3, 0.4) is 0 Å². The minimum atomic E-state index is 0.988. The highest BCUT2D eigenvalue weighted by molar-refractivity contribution is 6.16. The van der Waals surface area contributed by atoms with Crippen LogP contribution in [0.4, 0.5) is 5.69 Å². The summed E-state index contributed by atoms with van der Waals surface area (Å²) in [6.07, 6.45) is 3.06. The van der Waals surface area contributed by atoms with Gasteiger partial charge < -0.3 is 5.84 Å². The van der Waals surface area contributed by atoms with Crippen LogP contribution in [-0.4, -0.2) is 12.4 Å². The average Bonchev–Trinajstić information content (AvgIpc) is 2.10. The Kier molecular flexibility index (Phi) is 3.20. The molecule has 0 fully saturated rings. The molecule has 3 heteroatoms. The van der Waals surface area contributed by atoms with E-state index in [1.165, 1.54) is 6.21 Å². The molecule has 1 rings (SSSR count). The van der Waals surface area contributed by atoms with Crippen molar-refractivity contribution in [3.8, 4) is 0 Å². The minimum absolute atomic E-state index is 0.988. The molecule has 2 N–H and O–H groups in total. The third-order valence-corrected chi connectivity index (χ3v) is 1.80. The summed E-state index contributed by atoms with van der Waals surface area (Å²) in [6.45, 7) is 4.05. The Morgan fingerprint density at radius 3 is 2.31 bits per heavy atom. The van der Waals surface area contributed by atoms with Crippen molar-refractivity contribution in [3.63, 3.8) is 0 Å². The van der Waals surface area contributed by atoms with Gasteiger partial charge in [-0.2, -0.15) is 5.10 Å². The second-order valence-electron chi connectivity index (χ2n) is 2.82. The van der Waals surface area contributed by atoms with Gasteiger partial charge in [0, 0.05) is 6.21 Å². The molecule has 0 atom stereocenters. The fourth-order valence-electron chi connectivity index (χ4n) is 1.16. The van der Waals surface area contributed by atoms with Crippen LogP contribution in [0.25, 0.3) is 0 Å². The first-order valence-corrected chi connectivity index (χ1v) is 4.08. The zero-order valence-electron chi connectivity index (χ0n) is 7.86. The molecule has 68 valence electrons. The van der Waals surface area contributed by atoms with Crippen LogP contribution in [0, 0.1) is 13.8 Å². The number of nitrogens with two attached hydrogens (primary N) is 1. The molecule has 0 aromatic heterocycles. The molecule has 1 aromatic rings. The van der Waals surface area contributed by atoms with Crippen molar-refractivity contribution < 1.29 is 0 Å². The number of aliphatic imine (C=N–C) groups is 1. The molecule has 0 radical (unpaired) electrons. The fourth-order valence-corrected chi connectivity index (χ4v) is 1.16. The number of para-hydroxylation sites is 1. The van der Waals surface area contributed by atoms with E-state index in [4.69, 9.17) is 5.84 Å². The Hall–Kier alpha value is -1.64. The van der Waals surface area contributed by atoms with Gasteiger partial charge >= 0.3 is 0 Å². The normalized spacial score (nSPS) is 11.5. The van der Waals surface area contributed by atoms with Crippen LogP contribution in [0.5, 0.6) is 0 Å². The van der Waals surface area contributed by atoms with E-state index in [1.807, 2.05) is 32.0 Å². The van der Waals surface area contributed by atoms with Gasteiger partial charge in [0.1, 0.15) is 0 Å². The zero-order valence-corrected chi connectivity index (χ0v) is 7.86. The molecule has 3 nitrogen and oxygen atoms in total. The SMILES string of the molecule is Cc1cccc(C)c1/N=C\C=N/N. The number of nitrogens with zero attached hydrogens (tertiary/aromatic N) is 2. The number of hydrazone groups is 1. The van der Waals surface area contributed by atoms with Gasteiger partial charge in [-0.3, -0.25) is 4.99 Å². The first-order chi connectivity index (χ1) is 6.25. The molecule has 0 aliphatic carbocycles. The van der Waals surface area contributed by atoms with Crippen molar-refractivity contribution in [2.75, 3.05) is 0 Å².